The molecule has 9 heteroatoms. The third-order valence-electron chi connectivity index (χ3n) is 3.82. The first-order valence-corrected chi connectivity index (χ1v) is 8.59. The quantitative estimate of drug-likeness (QED) is 0.836. The number of ether oxygens (including phenoxy) is 1. The maximum absolute atomic E-state index is 12.4. The molecule has 0 spiro atoms. The number of thioether (sulfide) groups is 1. The van der Waals surface area contributed by atoms with Crippen molar-refractivity contribution in [3.8, 4) is 0 Å². The molecule has 1 aromatic carbocycles. The molecule has 128 valence electrons. The fraction of sp³-hybridized carbons (Fsp3) is 0.400. The van der Waals surface area contributed by atoms with Crippen LogP contribution in [0, 0.1) is 0 Å². The van der Waals surface area contributed by atoms with E-state index in [4.69, 9.17) is 21.4 Å². The summed E-state index contributed by atoms with van der Waals surface area (Å²) in [6.07, 6.45) is -1.01. The predicted molar refractivity (Wildman–Crippen MR) is 88.3 cm³/mol. The summed E-state index contributed by atoms with van der Waals surface area (Å²) in [7, 11) is 0. The number of hydrogen-bond acceptors (Lipinski definition) is 5. The van der Waals surface area contributed by atoms with E-state index < -0.39 is 17.3 Å². The number of benzene rings is 1. The number of fused-ring (bicyclic) bond motifs is 1. The number of morpholine rings is 1. The van der Waals surface area contributed by atoms with E-state index in [9.17, 15) is 14.4 Å². The van der Waals surface area contributed by atoms with Gasteiger partial charge in [0.15, 0.2) is 6.10 Å². The summed E-state index contributed by atoms with van der Waals surface area (Å²) in [5, 5.41) is 11.7. The number of nitrogens with zero attached hydrogens (tertiary/aromatic N) is 1. The lowest BCUT2D eigenvalue weighted by atomic mass is 10.2. The van der Waals surface area contributed by atoms with E-state index in [2.05, 4.69) is 5.32 Å². The predicted octanol–water partition coefficient (Wildman–Crippen LogP) is 1.45. The van der Waals surface area contributed by atoms with Gasteiger partial charge in [-0.05, 0) is 18.2 Å². The van der Waals surface area contributed by atoms with Crippen LogP contribution >= 0.6 is 23.4 Å². The summed E-state index contributed by atoms with van der Waals surface area (Å²) < 4.78 is 5.10. The molecule has 1 fully saturated rings. The van der Waals surface area contributed by atoms with Gasteiger partial charge >= 0.3 is 5.97 Å². The van der Waals surface area contributed by atoms with E-state index in [1.165, 1.54) is 16.7 Å². The summed E-state index contributed by atoms with van der Waals surface area (Å²) >= 11 is 7.21. The number of aliphatic carboxylic acids is 1. The van der Waals surface area contributed by atoms with Crippen molar-refractivity contribution >= 4 is 46.8 Å². The summed E-state index contributed by atoms with van der Waals surface area (Å²) in [4.78, 5) is 37.9. The van der Waals surface area contributed by atoms with Gasteiger partial charge in [-0.3, -0.25) is 9.59 Å². The minimum atomic E-state index is -1.09. The topological polar surface area (TPSA) is 95.9 Å². The van der Waals surface area contributed by atoms with E-state index in [1.54, 1.807) is 18.2 Å². The molecule has 3 rings (SSSR count). The fourth-order valence-electron chi connectivity index (χ4n) is 2.57. The van der Waals surface area contributed by atoms with Gasteiger partial charge in [0.1, 0.15) is 0 Å². The molecule has 2 aliphatic heterocycles. The summed E-state index contributed by atoms with van der Waals surface area (Å²) in [5.41, 5.74) is 0.638. The Bertz CT molecular complexity index is 698. The Labute approximate surface area is 147 Å². The second kappa shape index (κ2) is 7.00. The number of anilines is 1. The lowest BCUT2D eigenvalue weighted by Gasteiger charge is -2.32. The second-order valence-electron chi connectivity index (χ2n) is 5.48. The van der Waals surface area contributed by atoms with Crippen LogP contribution in [0.3, 0.4) is 0 Å². The van der Waals surface area contributed by atoms with Crippen LogP contribution in [0.25, 0.3) is 0 Å². The molecule has 2 amide bonds. The first-order chi connectivity index (χ1) is 11.4. The zero-order valence-corrected chi connectivity index (χ0v) is 14.1. The number of carboxylic acids is 1. The van der Waals surface area contributed by atoms with Crippen molar-refractivity contribution in [3.05, 3.63) is 23.2 Å². The maximum Gasteiger partial charge on any atom is 0.334 e. The Kier molecular flexibility index (Phi) is 4.98. The van der Waals surface area contributed by atoms with Crippen LogP contribution in [0.2, 0.25) is 5.02 Å². The van der Waals surface area contributed by atoms with Gasteiger partial charge in [-0.2, -0.15) is 0 Å². The molecule has 24 heavy (non-hydrogen) atoms. The molecule has 2 aliphatic rings. The Balaban J connectivity index is 1.65. The minimum Gasteiger partial charge on any atom is -0.479 e. The van der Waals surface area contributed by atoms with Gasteiger partial charge in [0, 0.05) is 22.9 Å². The molecular formula is C15H15ClN2O5S. The number of carboxylic acid groups (broad SMARTS) is 1. The van der Waals surface area contributed by atoms with E-state index in [-0.39, 0.29) is 31.4 Å². The Morgan fingerprint density at radius 2 is 2.25 bits per heavy atom. The highest BCUT2D eigenvalue weighted by Gasteiger charge is 2.33. The standard InChI is InChI=1S/C15H15ClN2O5S/c16-8-1-2-11-9(5-8)17-14(20)12(24-11)6-13(19)18-3-4-23-10(7-18)15(21)22/h1-2,5,10,12H,3-4,6-7H2,(H,17,20)(H,21,22). The molecule has 2 N–H and O–H groups in total. The third-order valence-corrected chi connectivity index (χ3v) is 5.33. The number of hydrogen-bond donors (Lipinski definition) is 2. The van der Waals surface area contributed by atoms with Gasteiger partial charge in [0.05, 0.1) is 24.1 Å². The zero-order chi connectivity index (χ0) is 17.3. The zero-order valence-electron chi connectivity index (χ0n) is 12.5. The molecule has 0 saturated carbocycles. The number of amides is 2. The molecular weight excluding hydrogens is 356 g/mol. The Hall–Kier alpha value is -1.77. The van der Waals surface area contributed by atoms with Crippen molar-refractivity contribution in [1.29, 1.82) is 0 Å². The van der Waals surface area contributed by atoms with Crippen molar-refractivity contribution in [2.24, 2.45) is 0 Å². The van der Waals surface area contributed by atoms with E-state index in [1.807, 2.05) is 0 Å². The summed E-state index contributed by atoms with van der Waals surface area (Å²) in [6, 6.07) is 5.19. The van der Waals surface area contributed by atoms with Crippen LogP contribution in [0.4, 0.5) is 5.69 Å². The van der Waals surface area contributed by atoms with E-state index in [0.717, 1.165) is 4.90 Å². The van der Waals surface area contributed by atoms with Crippen LogP contribution < -0.4 is 5.32 Å². The lowest BCUT2D eigenvalue weighted by molar-refractivity contribution is -0.159. The van der Waals surface area contributed by atoms with Gasteiger partial charge in [-0.1, -0.05) is 11.6 Å². The first-order valence-electron chi connectivity index (χ1n) is 7.33. The lowest BCUT2D eigenvalue weighted by Crippen LogP contribution is -2.49. The van der Waals surface area contributed by atoms with Crippen molar-refractivity contribution in [2.45, 2.75) is 22.7 Å². The molecule has 0 aromatic heterocycles. The molecule has 1 aromatic rings. The highest BCUT2D eigenvalue weighted by Crippen LogP contribution is 2.38. The average Bonchev–Trinajstić information content (AvgIpc) is 2.55. The second-order valence-corrected chi connectivity index (χ2v) is 7.16. The van der Waals surface area contributed by atoms with Crippen molar-refractivity contribution in [3.63, 3.8) is 0 Å². The largest absolute Gasteiger partial charge is 0.479 e. The van der Waals surface area contributed by atoms with Crippen molar-refractivity contribution < 1.29 is 24.2 Å². The van der Waals surface area contributed by atoms with Gasteiger partial charge in [-0.15, -0.1) is 11.8 Å². The van der Waals surface area contributed by atoms with Crippen molar-refractivity contribution in [1.82, 2.24) is 4.90 Å². The van der Waals surface area contributed by atoms with Gasteiger partial charge in [0.25, 0.3) is 0 Å². The Morgan fingerprint density at radius 3 is 3.00 bits per heavy atom. The maximum atomic E-state index is 12.4. The van der Waals surface area contributed by atoms with Crippen LogP contribution in [-0.4, -0.2) is 58.8 Å². The molecule has 0 aliphatic carbocycles. The smallest absolute Gasteiger partial charge is 0.334 e. The molecule has 2 atom stereocenters. The van der Waals surface area contributed by atoms with E-state index >= 15 is 0 Å². The first kappa shape index (κ1) is 17.1. The van der Waals surface area contributed by atoms with Crippen LogP contribution in [0.5, 0.6) is 0 Å². The number of nitrogens with one attached hydrogen (secondary N) is 1. The minimum absolute atomic E-state index is 0.000628. The number of carbonyl (C=O) groups excluding carboxylic acids is 2. The van der Waals surface area contributed by atoms with Crippen LogP contribution in [0.1, 0.15) is 6.42 Å². The monoisotopic (exact) mass is 370 g/mol. The van der Waals surface area contributed by atoms with Gasteiger partial charge in [0.2, 0.25) is 11.8 Å². The van der Waals surface area contributed by atoms with E-state index in [0.29, 0.717) is 17.3 Å². The molecule has 1 saturated heterocycles. The van der Waals surface area contributed by atoms with Crippen LogP contribution in [0.15, 0.2) is 23.1 Å². The summed E-state index contributed by atoms with van der Waals surface area (Å²) in [6.45, 7) is 0.501. The molecule has 0 radical (unpaired) electrons. The molecule has 2 unspecified atom stereocenters. The Morgan fingerprint density at radius 1 is 1.46 bits per heavy atom. The normalized spacial score (nSPS) is 23.4. The third kappa shape index (κ3) is 3.66. The SMILES string of the molecule is O=C(O)C1CN(C(=O)CC2Sc3ccc(Cl)cc3NC2=O)CCO1. The highest BCUT2D eigenvalue weighted by atomic mass is 35.5. The number of rotatable bonds is 3. The molecule has 7 nitrogen and oxygen atoms in total. The number of halogens is 1. The number of carbonyl (C=O) groups is 3. The van der Waals surface area contributed by atoms with Crippen molar-refractivity contribution in [2.75, 3.05) is 25.0 Å². The molecule has 0 bridgehead atoms. The fourth-order valence-corrected chi connectivity index (χ4v) is 3.82. The van der Waals surface area contributed by atoms with Gasteiger partial charge < -0.3 is 20.1 Å². The van der Waals surface area contributed by atoms with Crippen LogP contribution in [-0.2, 0) is 19.1 Å². The van der Waals surface area contributed by atoms with Gasteiger partial charge in [-0.25, -0.2) is 4.79 Å². The average molecular weight is 371 g/mol. The summed E-state index contributed by atoms with van der Waals surface area (Å²) in [5.74, 6) is -1.61. The molecule has 2 heterocycles. The highest BCUT2D eigenvalue weighted by molar-refractivity contribution is 8.01.